The van der Waals surface area contributed by atoms with Crippen LogP contribution in [0.15, 0.2) is 29.3 Å². The van der Waals surface area contributed by atoms with Gasteiger partial charge < -0.3 is 14.3 Å². The van der Waals surface area contributed by atoms with Crippen LogP contribution in [0.5, 0.6) is 0 Å². The summed E-state index contributed by atoms with van der Waals surface area (Å²) < 4.78 is 7.52. The molecule has 2 aromatic rings. The van der Waals surface area contributed by atoms with Gasteiger partial charge in [0.2, 0.25) is 0 Å². The van der Waals surface area contributed by atoms with Crippen LogP contribution in [0.3, 0.4) is 0 Å². The third-order valence-corrected chi connectivity index (χ3v) is 7.74. The van der Waals surface area contributed by atoms with Crippen molar-refractivity contribution in [3.63, 3.8) is 0 Å². The summed E-state index contributed by atoms with van der Waals surface area (Å²) in [6.07, 6.45) is 7.17. The van der Waals surface area contributed by atoms with Gasteiger partial charge in [-0.2, -0.15) is 0 Å². The minimum absolute atomic E-state index is 0.246. The molecular formula is C23H31N5O2. The summed E-state index contributed by atoms with van der Waals surface area (Å²) in [4.78, 5) is 26.1. The van der Waals surface area contributed by atoms with Gasteiger partial charge >= 0.3 is 0 Å². The van der Waals surface area contributed by atoms with Crippen molar-refractivity contribution in [1.29, 1.82) is 0 Å². The number of pyridine rings is 1. The maximum atomic E-state index is 13.3. The lowest BCUT2D eigenvalue weighted by Gasteiger charge is -2.47. The van der Waals surface area contributed by atoms with E-state index in [4.69, 9.17) is 4.74 Å². The molecule has 2 bridgehead atoms. The van der Waals surface area contributed by atoms with E-state index in [-0.39, 0.29) is 5.56 Å². The third kappa shape index (κ3) is 3.33. The highest BCUT2D eigenvalue weighted by atomic mass is 16.5. The maximum absolute atomic E-state index is 13.3. The number of imidazole rings is 1. The standard InChI is InChI=1S/C23H31N5O2/c29-23-18(12-26-7-3-17(4-8-26)22-24-5-6-25-22)1-2-21-19-9-16(11-28(21)23)10-27(13-19)20-14-30-15-20/h1-2,5-6,16-17,19-20H,3-4,7-15H2,(H,24,25)/t16-,19+/m0/s1. The van der Waals surface area contributed by atoms with Crippen molar-refractivity contribution >= 4 is 0 Å². The molecule has 0 spiro atoms. The zero-order valence-electron chi connectivity index (χ0n) is 17.5. The first kappa shape index (κ1) is 18.8. The molecule has 2 aromatic heterocycles. The zero-order chi connectivity index (χ0) is 20.1. The molecule has 6 heterocycles. The third-order valence-electron chi connectivity index (χ3n) is 7.74. The smallest absolute Gasteiger partial charge is 0.255 e. The van der Waals surface area contributed by atoms with Crippen LogP contribution in [0.2, 0.25) is 0 Å². The van der Waals surface area contributed by atoms with Crippen LogP contribution in [0.25, 0.3) is 0 Å². The number of hydrogen-bond acceptors (Lipinski definition) is 5. The summed E-state index contributed by atoms with van der Waals surface area (Å²) in [6.45, 7) is 7.63. The first-order chi connectivity index (χ1) is 14.7. The van der Waals surface area contributed by atoms with Gasteiger partial charge in [0.05, 0.1) is 19.3 Å². The molecule has 4 aliphatic heterocycles. The molecule has 0 saturated carbocycles. The number of likely N-dealkylation sites (tertiary alicyclic amines) is 2. The summed E-state index contributed by atoms with van der Waals surface area (Å²) in [6, 6.07) is 4.95. The van der Waals surface area contributed by atoms with Crippen molar-refractivity contribution in [3.8, 4) is 0 Å². The normalized spacial score (nSPS) is 28.3. The highest BCUT2D eigenvalue weighted by Crippen LogP contribution is 2.36. The van der Waals surface area contributed by atoms with Crippen LogP contribution in [-0.2, 0) is 17.8 Å². The lowest BCUT2D eigenvalue weighted by atomic mass is 9.82. The summed E-state index contributed by atoms with van der Waals surface area (Å²) in [5.74, 6) is 2.71. The van der Waals surface area contributed by atoms with Crippen LogP contribution >= 0.6 is 0 Å². The fourth-order valence-corrected chi connectivity index (χ4v) is 5.99. The van der Waals surface area contributed by atoms with Crippen LogP contribution in [0.4, 0.5) is 0 Å². The summed E-state index contributed by atoms with van der Waals surface area (Å²) in [5.41, 5.74) is 2.46. The zero-order valence-corrected chi connectivity index (χ0v) is 17.5. The summed E-state index contributed by atoms with van der Waals surface area (Å²) in [7, 11) is 0. The van der Waals surface area contributed by atoms with E-state index in [1.54, 1.807) is 0 Å². The number of rotatable bonds is 4. The fraction of sp³-hybridized carbons (Fsp3) is 0.652. The van der Waals surface area contributed by atoms with E-state index in [9.17, 15) is 4.79 Å². The molecule has 4 aliphatic rings. The number of nitrogens with zero attached hydrogens (tertiary/aromatic N) is 4. The highest BCUT2D eigenvalue weighted by Gasteiger charge is 2.39. The van der Waals surface area contributed by atoms with Gasteiger partial charge in [0.15, 0.2) is 0 Å². The molecule has 160 valence electrons. The van der Waals surface area contributed by atoms with Gasteiger partial charge in [-0.05, 0) is 44.3 Å². The number of aromatic nitrogens is 3. The Morgan fingerprint density at radius 1 is 1.10 bits per heavy atom. The maximum Gasteiger partial charge on any atom is 0.255 e. The predicted molar refractivity (Wildman–Crippen MR) is 114 cm³/mol. The molecule has 6 rings (SSSR count). The minimum Gasteiger partial charge on any atom is -0.378 e. The highest BCUT2D eigenvalue weighted by molar-refractivity contribution is 5.22. The molecule has 0 radical (unpaired) electrons. The quantitative estimate of drug-likeness (QED) is 0.834. The van der Waals surface area contributed by atoms with Gasteiger partial charge in [-0.25, -0.2) is 4.98 Å². The van der Waals surface area contributed by atoms with E-state index in [1.165, 1.54) is 12.1 Å². The molecule has 3 saturated heterocycles. The van der Waals surface area contributed by atoms with Gasteiger partial charge in [-0.1, -0.05) is 6.07 Å². The van der Waals surface area contributed by atoms with Crippen molar-refractivity contribution in [2.45, 2.75) is 50.2 Å². The second-order valence-corrected chi connectivity index (χ2v) is 9.67. The number of fused-ring (bicyclic) bond motifs is 4. The predicted octanol–water partition coefficient (Wildman–Crippen LogP) is 1.77. The van der Waals surface area contributed by atoms with Gasteiger partial charge in [0, 0.05) is 61.7 Å². The summed E-state index contributed by atoms with van der Waals surface area (Å²) >= 11 is 0. The van der Waals surface area contributed by atoms with Crippen molar-refractivity contribution in [3.05, 3.63) is 52.0 Å². The lowest BCUT2D eigenvalue weighted by molar-refractivity contribution is -0.0827. The Morgan fingerprint density at radius 2 is 1.97 bits per heavy atom. The van der Waals surface area contributed by atoms with Gasteiger partial charge in [-0.3, -0.25) is 14.6 Å². The molecule has 7 nitrogen and oxygen atoms in total. The lowest BCUT2D eigenvalue weighted by Crippen LogP contribution is -2.56. The number of aromatic amines is 1. The molecule has 30 heavy (non-hydrogen) atoms. The minimum atomic E-state index is 0.246. The number of H-pyrrole nitrogens is 1. The molecule has 7 heteroatoms. The topological polar surface area (TPSA) is 66.4 Å². The molecule has 3 fully saturated rings. The largest absolute Gasteiger partial charge is 0.378 e. The van der Waals surface area contributed by atoms with Crippen molar-refractivity contribution in [2.75, 3.05) is 39.4 Å². The number of hydrogen-bond donors (Lipinski definition) is 1. The Labute approximate surface area is 177 Å². The molecular weight excluding hydrogens is 378 g/mol. The van der Waals surface area contributed by atoms with Gasteiger partial charge in [0.25, 0.3) is 5.56 Å². The van der Waals surface area contributed by atoms with Crippen molar-refractivity contribution < 1.29 is 4.74 Å². The number of ether oxygens (including phenoxy) is 1. The molecule has 1 N–H and O–H groups in total. The van der Waals surface area contributed by atoms with Crippen LogP contribution in [0, 0.1) is 5.92 Å². The Morgan fingerprint density at radius 3 is 2.70 bits per heavy atom. The first-order valence-corrected chi connectivity index (χ1v) is 11.5. The van der Waals surface area contributed by atoms with E-state index >= 15 is 0 Å². The van der Waals surface area contributed by atoms with E-state index in [1.807, 2.05) is 12.4 Å². The Bertz CT molecular complexity index is 943. The van der Waals surface area contributed by atoms with Gasteiger partial charge in [0.1, 0.15) is 5.82 Å². The fourth-order valence-electron chi connectivity index (χ4n) is 5.99. The van der Waals surface area contributed by atoms with Crippen molar-refractivity contribution in [1.82, 2.24) is 24.3 Å². The van der Waals surface area contributed by atoms with Crippen LogP contribution in [0.1, 0.15) is 48.2 Å². The van der Waals surface area contributed by atoms with E-state index in [0.717, 1.165) is 76.7 Å². The van der Waals surface area contributed by atoms with Crippen LogP contribution in [-0.4, -0.2) is 69.8 Å². The Kier molecular flexibility index (Phi) is 4.77. The van der Waals surface area contributed by atoms with E-state index in [2.05, 4.69) is 36.5 Å². The molecule has 0 amide bonds. The Hall–Kier alpha value is -1.96. The monoisotopic (exact) mass is 409 g/mol. The molecule has 0 unspecified atom stereocenters. The molecule has 0 aromatic carbocycles. The number of piperidine rings is 2. The second-order valence-electron chi connectivity index (χ2n) is 9.67. The first-order valence-electron chi connectivity index (χ1n) is 11.5. The van der Waals surface area contributed by atoms with Crippen LogP contribution < -0.4 is 5.56 Å². The van der Waals surface area contributed by atoms with E-state index < -0.39 is 0 Å². The van der Waals surface area contributed by atoms with E-state index in [0.29, 0.717) is 23.8 Å². The molecule has 0 aliphatic carbocycles. The van der Waals surface area contributed by atoms with Crippen molar-refractivity contribution in [2.24, 2.45) is 5.92 Å². The average Bonchev–Trinajstić information content (AvgIpc) is 3.25. The average molecular weight is 410 g/mol. The summed E-state index contributed by atoms with van der Waals surface area (Å²) in [5, 5.41) is 0. The number of nitrogens with one attached hydrogen (secondary N) is 1. The SMILES string of the molecule is O=c1c(CN2CCC(c3ncc[nH]3)CC2)ccc2n1C[C@H]1C[C@@H]2CN(C2COC2)C1. The molecule has 2 atom stereocenters. The second kappa shape index (κ2) is 7.62. The van der Waals surface area contributed by atoms with Gasteiger partial charge in [-0.15, -0.1) is 0 Å². The Balaban J connectivity index is 1.15.